The molecule has 0 atom stereocenters. The predicted octanol–water partition coefficient (Wildman–Crippen LogP) is 2.12. The summed E-state index contributed by atoms with van der Waals surface area (Å²) in [7, 11) is 0.185. The molecule has 0 bridgehead atoms. The quantitative estimate of drug-likeness (QED) is 0.480. The van der Waals surface area contributed by atoms with Crippen molar-refractivity contribution < 1.29 is 31.2 Å². The first-order chi connectivity index (χ1) is 8.43. The van der Waals surface area contributed by atoms with Gasteiger partial charge < -0.3 is 4.74 Å². The number of rotatable bonds is 3. The minimum atomic E-state index is -5.32. The molecule has 0 spiro atoms. The Balaban J connectivity index is 3.69. The van der Waals surface area contributed by atoms with Gasteiger partial charge in [-0.25, -0.2) is 8.42 Å². The summed E-state index contributed by atoms with van der Waals surface area (Å²) in [5.41, 5.74) is -1.67. The average Bonchev–Trinajstić information content (AvgIpc) is 2.11. The van der Waals surface area contributed by atoms with Crippen molar-refractivity contribution in [3.63, 3.8) is 0 Å². The molecule has 0 radical (unpaired) electrons. The van der Waals surface area contributed by atoms with Gasteiger partial charge in [0.1, 0.15) is 5.69 Å². The molecule has 19 heavy (non-hydrogen) atoms. The largest absolute Gasteiger partial charge is 0.573 e. The van der Waals surface area contributed by atoms with Crippen LogP contribution >= 0.6 is 10.7 Å². The van der Waals surface area contributed by atoms with Crippen LogP contribution in [0.15, 0.2) is 11.1 Å². The topological polar surface area (TPSA) is 99.4 Å². The van der Waals surface area contributed by atoms with E-state index in [-0.39, 0.29) is 0 Å². The fourth-order valence-electron chi connectivity index (χ4n) is 1.16. The molecule has 0 unspecified atom stereocenters. The van der Waals surface area contributed by atoms with E-state index in [9.17, 15) is 31.7 Å². The zero-order chi connectivity index (χ0) is 15.0. The van der Waals surface area contributed by atoms with Crippen molar-refractivity contribution in [1.82, 2.24) is 4.98 Å². The molecule has 0 aromatic carbocycles. The molecule has 1 aromatic heterocycles. The van der Waals surface area contributed by atoms with Crippen LogP contribution in [-0.4, -0.2) is 24.7 Å². The Labute approximate surface area is 108 Å². The summed E-state index contributed by atoms with van der Waals surface area (Å²) in [6.07, 6.45) is -4.87. The van der Waals surface area contributed by atoms with Crippen LogP contribution in [-0.2, 0) is 9.05 Å². The second-order valence-electron chi connectivity index (χ2n) is 3.13. The fourth-order valence-corrected chi connectivity index (χ4v) is 2.03. The molecule has 1 aromatic rings. The van der Waals surface area contributed by atoms with Crippen LogP contribution in [0.1, 0.15) is 5.69 Å². The van der Waals surface area contributed by atoms with E-state index in [4.69, 9.17) is 10.7 Å². The smallest absolute Gasteiger partial charge is 0.397 e. The second kappa shape index (κ2) is 4.81. The van der Waals surface area contributed by atoms with E-state index in [0.717, 1.165) is 6.92 Å². The highest BCUT2D eigenvalue weighted by atomic mass is 35.7. The van der Waals surface area contributed by atoms with Crippen molar-refractivity contribution in [2.45, 2.75) is 18.2 Å². The molecular weight excluding hydrogens is 317 g/mol. The van der Waals surface area contributed by atoms with Gasteiger partial charge in [0.15, 0.2) is 4.90 Å². The minimum Gasteiger partial charge on any atom is -0.397 e. The monoisotopic (exact) mass is 320 g/mol. The number of aryl methyl sites for hydroxylation is 1. The maximum Gasteiger partial charge on any atom is 0.573 e. The van der Waals surface area contributed by atoms with Crippen LogP contribution in [0.5, 0.6) is 5.75 Å². The lowest BCUT2D eigenvalue weighted by molar-refractivity contribution is -0.389. The molecule has 1 rings (SSSR count). The molecule has 0 aliphatic heterocycles. The molecule has 0 aliphatic rings. The fraction of sp³-hybridized carbons (Fsp3) is 0.286. The summed E-state index contributed by atoms with van der Waals surface area (Å²) < 4.78 is 62.1. The zero-order valence-electron chi connectivity index (χ0n) is 8.93. The summed E-state index contributed by atoms with van der Waals surface area (Å²) in [6.45, 7) is 1.02. The molecule has 106 valence electrons. The average molecular weight is 321 g/mol. The Morgan fingerprint density at radius 2 is 2.00 bits per heavy atom. The van der Waals surface area contributed by atoms with Gasteiger partial charge in [-0.3, -0.25) is 15.1 Å². The van der Waals surface area contributed by atoms with Gasteiger partial charge in [-0.2, -0.15) is 0 Å². The van der Waals surface area contributed by atoms with E-state index < -0.39 is 42.4 Å². The molecule has 7 nitrogen and oxygen atoms in total. The zero-order valence-corrected chi connectivity index (χ0v) is 10.5. The highest BCUT2D eigenvalue weighted by molar-refractivity contribution is 8.13. The number of nitro groups is 1. The Hall–Kier alpha value is -1.62. The number of hydrogen-bond acceptors (Lipinski definition) is 6. The van der Waals surface area contributed by atoms with E-state index in [1.807, 2.05) is 0 Å². The summed E-state index contributed by atoms with van der Waals surface area (Å²) in [5.74, 6) is -1.51. The molecular formula is C7H4ClF3N2O5S. The molecule has 0 amide bonds. The van der Waals surface area contributed by atoms with Crippen LogP contribution in [0, 0.1) is 17.0 Å². The van der Waals surface area contributed by atoms with Gasteiger partial charge in [0, 0.05) is 10.7 Å². The number of halogens is 4. The number of nitrogens with zero attached hydrogens (tertiary/aromatic N) is 2. The predicted molar refractivity (Wildman–Crippen MR) is 55.4 cm³/mol. The van der Waals surface area contributed by atoms with E-state index >= 15 is 0 Å². The molecule has 1 heterocycles. The summed E-state index contributed by atoms with van der Waals surface area (Å²) in [5, 5.41) is 10.7. The van der Waals surface area contributed by atoms with Gasteiger partial charge in [-0.1, -0.05) is 0 Å². The van der Waals surface area contributed by atoms with E-state index in [1.165, 1.54) is 0 Å². The van der Waals surface area contributed by atoms with E-state index in [0.29, 0.717) is 6.20 Å². The molecule has 0 aliphatic carbocycles. The van der Waals surface area contributed by atoms with Gasteiger partial charge in [-0.15, -0.1) is 13.2 Å². The van der Waals surface area contributed by atoms with Crippen molar-refractivity contribution in [3.8, 4) is 5.75 Å². The van der Waals surface area contributed by atoms with Crippen LogP contribution in [0.25, 0.3) is 0 Å². The molecule has 0 N–H and O–H groups in total. The van der Waals surface area contributed by atoms with E-state index in [1.54, 1.807) is 0 Å². The van der Waals surface area contributed by atoms with Crippen molar-refractivity contribution in [1.29, 1.82) is 0 Å². The Kier molecular flexibility index (Phi) is 3.91. The highest BCUT2D eigenvalue weighted by Gasteiger charge is 2.39. The maximum atomic E-state index is 12.2. The highest BCUT2D eigenvalue weighted by Crippen LogP contribution is 2.40. The minimum absolute atomic E-state index is 0.450. The maximum absolute atomic E-state index is 12.2. The third-order valence-electron chi connectivity index (χ3n) is 1.82. The number of ether oxygens (including phenoxy) is 1. The van der Waals surface area contributed by atoms with Gasteiger partial charge in [0.2, 0.25) is 5.75 Å². The molecule has 0 saturated heterocycles. The van der Waals surface area contributed by atoms with Crippen LogP contribution in [0.3, 0.4) is 0 Å². The lowest BCUT2D eigenvalue weighted by atomic mass is 10.3. The van der Waals surface area contributed by atoms with E-state index in [2.05, 4.69) is 9.72 Å². The number of alkyl halides is 3. The number of hydrogen-bond donors (Lipinski definition) is 0. The van der Waals surface area contributed by atoms with Crippen LogP contribution in [0.4, 0.5) is 18.9 Å². The molecule has 0 fully saturated rings. The second-order valence-corrected chi connectivity index (χ2v) is 5.66. The number of pyridine rings is 1. The van der Waals surface area contributed by atoms with Crippen LogP contribution < -0.4 is 4.74 Å². The first kappa shape index (κ1) is 15.4. The summed E-state index contributed by atoms with van der Waals surface area (Å²) >= 11 is 0. The van der Waals surface area contributed by atoms with Crippen molar-refractivity contribution in [3.05, 3.63) is 22.0 Å². The SMILES string of the molecule is Cc1ncc(S(=O)(=O)Cl)c(OC(F)(F)F)c1[N+](=O)[O-]. The standard InChI is InChI=1S/C7H4ClF3N2O5S/c1-3-5(13(14)15)6(18-7(9,10)11)4(2-12-3)19(8,16)17/h2H,1H3. The van der Waals surface area contributed by atoms with Gasteiger partial charge in [0.05, 0.1) is 11.1 Å². The first-order valence-corrected chi connectivity index (χ1v) is 6.59. The molecule has 12 heteroatoms. The molecule has 0 saturated carbocycles. The van der Waals surface area contributed by atoms with Gasteiger partial charge in [0.25, 0.3) is 9.05 Å². The Morgan fingerprint density at radius 1 is 1.47 bits per heavy atom. The van der Waals surface area contributed by atoms with Crippen molar-refractivity contribution >= 4 is 25.4 Å². The summed E-state index contributed by atoms with van der Waals surface area (Å²) in [4.78, 5) is 11.5. The Morgan fingerprint density at radius 3 is 2.37 bits per heavy atom. The van der Waals surface area contributed by atoms with Gasteiger partial charge in [-0.05, 0) is 6.92 Å². The number of aromatic nitrogens is 1. The van der Waals surface area contributed by atoms with Crippen molar-refractivity contribution in [2.24, 2.45) is 0 Å². The normalized spacial score (nSPS) is 12.3. The van der Waals surface area contributed by atoms with Crippen molar-refractivity contribution in [2.75, 3.05) is 0 Å². The third kappa shape index (κ3) is 3.67. The lowest BCUT2D eigenvalue weighted by Gasteiger charge is -2.12. The van der Waals surface area contributed by atoms with Gasteiger partial charge >= 0.3 is 12.0 Å². The Bertz CT molecular complexity index is 630. The first-order valence-electron chi connectivity index (χ1n) is 4.28. The third-order valence-corrected chi connectivity index (χ3v) is 3.13. The summed E-state index contributed by atoms with van der Waals surface area (Å²) in [6, 6.07) is 0. The lowest BCUT2D eigenvalue weighted by Crippen LogP contribution is -2.20. The van der Waals surface area contributed by atoms with Crippen LogP contribution in [0.2, 0.25) is 0 Å².